The summed E-state index contributed by atoms with van der Waals surface area (Å²) < 4.78 is 70.0. The summed E-state index contributed by atoms with van der Waals surface area (Å²) in [6.07, 6.45) is -26.2. The van der Waals surface area contributed by atoms with Crippen LogP contribution in [0.3, 0.4) is 0 Å². The Hall–Kier alpha value is -0.590. The Bertz CT molecular complexity index is 818. The summed E-state index contributed by atoms with van der Waals surface area (Å²) in [6.45, 7) is -5.43. The van der Waals surface area contributed by atoms with E-state index >= 15 is 0 Å². The Morgan fingerprint density at radius 2 is 1.20 bits per heavy atom. The first-order valence-corrected chi connectivity index (χ1v) is 13.7. The SMILES string of the molecule is O=P(O)(OCC(O)C(O)C(O)CO[C@@H]1O[C@H](CO)[C@H](O)C1F)O[C@@H]1C(F)[C@H](OCC(O)C(O)C(O)CO)O[C@@H]1CO. The van der Waals surface area contributed by atoms with Gasteiger partial charge in [-0.15, -0.1) is 0 Å². The van der Waals surface area contributed by atoms with Crippen LogP contribution in [0.2, 0.25) is 0 Å². The largest absolute Gasteiger partial charge is 0.472 e. The predicted molar refractivity (Wildman–Crippen MR) is 123 cm³/mol. The van der Waals surface area contributed by atoms with Crippen LogP contribution in [0.5, 0.6) is 0 Å². The lowest BCUT2D eigenvalue weighted by Crippen LogP contribution is -2.43. The van der Waals surface area contributed by atoms with Crippen LogP contribution in [0.15, 0.2) is 0 Å². The second kappa shape index (κ2) is 16.5. The maximum absolute atomic E-state index is 14.8. The fourth-order valence-electron chi connectivity index (χ4n) is 3.72. The summed E-state index contributed by atoms with van der Waals surface area (Å²) in [4.78, 5) is 9.95. The smallest absolute Gasteiger partial charge is 0.394 e. The zero-order chi connectivity index (χ0) is 31.1. The third-order valence-corrected chi connectivity index (χ3v) is 7.16. The number of alkyl halides is 2. The maximum atomic E-state index is 14.8. The average Bonchev–Trinajstić information content (AvgIpc) is 3.40. The molecule has 0 aromatic rings. The van der Waals surface area contributed by atoms with Crippen molar-refractivity contribution in [2.75, 3.05) is 39.6 Å². The van der Waals surface area contributed by atoms with Gasteiger partial charge in [0.2, 0.25) is 0 Å². The summed E-state index contributed by atoms with van der Waals surface area (Å²) in [6, 6.07) is 0. The highest BCUT2D eigenvalue weighted by molar-refractivity contribution is 7.47. The molecule has 0 radical (unpaired) electrons. The van der Waals surface area contributed by atoms with E-state index in [1.807, 2.05) is 0 Å². The van der Waals surface area contributed by atoms with Crippen LogP contribution in [0, 0.1) is 0 Å². The van der Waals surface area contributed by atoms with Crippen molar-refractivity contribution in [2.24, 2.45) is 0 Å². The predicted octanol–water partition coefficient (Wildman–Crippen LogP) is -5.85. The summed E-state index contributed by atoms with van der Waals surface area (Å²) in [5, 5.41) is 95.4. The fraction of sp³-hybridized carbons (Fsp3) is 1.00. The molecule has 2 rings (SSSR count). The summed E-state index contributed by atoms with van der Waals surface area (Å²) in [7, 11) is -5.25. The van der Waals surface area contributed by atoms with Crippen molar-refractivity contribution >= 4 is 7.82 Å². The normalized spacial score (nSPS) is 36.4. The molecule has 0 spiro atoms. The van der Waals surface area contributed by atoms with Crippen molar-refractivity contribution in [3.63, 3.8) is 0 Å². The standard InChI is InChI=1S/C20H37F2O18P/c21-13-17(32)11(2-24)38-19(13)35-5-9(28)16(31)10(29)6-37-41(33,34)40-18-12(3-25)39-20(14(18)22)36-4-8(27)15(30)7(26)1-23/h7-20,23-32H,1-6H2,(H,33,34)/t7?,8?,9?,10?,11-,12-,13?,14?,15?,16?,17+,18+,19-,20-/m1/s1. The molecule has 0 amide bonds. The summed E-state index contributed by atoms with van der Waals surface area (Å²) in [5.74, 6) is 0. The van der Waals surface area contributed by atoms with Gasteiger partial charge in [0.25, 0.3) is 0 Å². The van der Waals surface area contributed by atoms with Crippen LogP contribution in [-0.4, -0.2) is 182 Å². The molecule has 244 valence electrons. The minimum atomic E-state index is -5.25. The Labute approximate surface area is 231 Å². The molecule has 0 aromatic carbocycles. The van der Waals surface area contributed by atoms with Crippen LogP contribution in [-0.2, 0) is 32.6 Å². The van der Waals surface area contributed by atoms with Crippen LogP contribution in [0.1, 0.15) is 0 Å². The van der Waals surface area contributed by atoms with Gasteiger partial charge in [0, 0.05) is 0 Å². The van der Waals surface area contributed by atoms with Crippen molar-refractivity contribution in [3.8, 4) is 0 Å². The minimum absolute atomic E-state index is 0.724. The van der Waals surface area contributed by atoms with Gasteiger partial charge in [0.1, 0.15) is 61.0 Å². The first kappa shape index (κ1) is 36.6. The molecule has 41 heavy (non-hydrogen) atoms. The zero-order valence-corrected chi connectivity index (χ0v) is 22.2. The molecule has 2 heterocycles. The van der Waals surface area contributed by atoms with E-state index in [4.69, 9.17) is 29.2 Å². The molecule has 15 atom stereocenters. The van der Waals surface area contributed by atoms with Crippen molar-refractivity contribution in [1.82, 2.24) is 0 Å². The highest BCUT2D eigenvalue weighted by Crippen LogP contribution is 2.48. The Morgan fingerprint density at radius 3 is 1.68 bits per heavy atom. The average molecular weight is 634 g/mol. The van der Waals surface area contributed by atoms with Crippen LogP contribution >= 0.6 is 7.82 Å². The van der Waals surface area contributed by atoms with E-state index in [1.165, 1.54) is 0 Å². The van der Waals surface area contributed by atoms with E-state index in [1.54, 1.807) is 0 Å². The Balaban J connectivity index is 1.84. The number of aliphatic hydroxyl groups is 10. The molecular weight excluding hydrogens is 597 g/mol. The van der Waals surface area contributed by atoms with Crippen molar-refractivity contribution in [2.45, 2.75) is 86.0 Å². The topological polar surface area (TPSA) is 295 Å². The molecule has 0 saturated carbocycles. The lowest BCUT2D eigenvalue weighted by molar-refractivity contribution is -0.185. The van der Waals surface area contributed by atoms with Gasteiger partial charge in [-0.25, -0.2) is 13.3 Å². The first-order valence-electron chi connectivity index (χ1n) is 12.2. The highest BCUT2D eigenvalue weighted by Gasteiger charge is 2.50. The number of phosphoric acid groups is 1. The number of hydrogen-bond acceptors (Lipinski definition) is 17. The Kier molecular flexibility index (Phi) is 14.7. The van der Waals surface area contributed by atoms with Gasteiger partial charge >= 0.3 is 7.82 Å². The summed E-state index contributed by atoms with van der Waals surface area (Å²) in [5.41, 5.74) is 0. The van der Waals surface area contributed by atoms with E-state index in [0.717, 1.165) is 0 Å². The summed E-state index contributed by atoms with van der Waals surface area (Å²) >= 11 is 0. The molecule has 0 aromatic heterocycles. The monoisotopic (exact) mass is 634 g/mol. The van der Waals surface area contributed by atoms with E-state index in [0.29, 0.717) is 0 Å². The third-order valence-electron chi connectivity index (χ3n) is 6.18. The highest BCUT2D eigenvalue weighted by atomic mass is 31.2. The fourth-order valence-corrected chi connectivity index (χ4v) is 4.68. The maximum Gasteiger partial charge on any atom is 0.472 e. The third kappa shape index (κ3) is 9.96. The minimum Gasteiger partial charge on any atom is -0.394 e. The molecule has 0 aliphatic carbocycles. The van der Waals surface area contributed by atoms with Gasteiger partial charge in [-0.1, -0.05) is 0 Å². The molecular formula is C20H37F2O18P. The van der Waals surface area contributed by atoms with Crippen LogP contribution in [0.4, 0.5) is 8.78 Å². The number of aliphatic hydroxyl groups excluding tert-OH is 10. The second-order valence-corrected chi connectivity index (χ2v) is 10.7. The van der Waals surface area contributed by atoms with Gasteiger partial charge in [0.05, 0.1) is 39.6 Å². The lowest BCUT2D eigenvalue weighted by Gasteiger charge is -2.26. The van der Waals surface area contributed by atoms with E-state index in [-0.39, 0.29) is 0 Å². The van der Waals surface area contributed by atoms with Crippen molar-refractivity contribution in [3.05, 3.63) is 0 Å². The molecule has 21 heteroatoms. The number of rotatable bonds is 18. The number of halogens is 2. The molecule has 18 nitrogen and oxygen atoms in total. The molecule has 9 unspecified atom stereocenters. The van der Waals surface area contributed by atoms with Crippen molar-refractivity contribution in [1.29, 1.82) is 0 Å². The zero-order valence-electron chi connectivity index (χ0n) is 21.3. The van der Waals surface area contributed by atoms with Gasteiger partial charge in [-0.05, 0) is 0 Å². The molecule has 2 aliphatic rings. The lowest BCUT2D eigenvalue weighted by atomic mass is 10.1. The van der Waals surface area contributed by atoms with E-state index in [2.05, 4.69) is 9.05 Å². The first-order chi connectivity index (χ1) is 19.2. The van der Waals surface area contributed by atoms with E-state index in [9.17, 15) is 59.1 Å². The molecule has 0 bridgehead atoms. The van der Waals surface area contributed by atoms with Gasteiger partial charge in [-0.3, -0.25) is 9.05 Å². The van der Waals surface area contributed by atoms with Crippen LogP contribution < -0.4 is 0 Å². The van der Waals surface area contributed by atoms with Gasteiger partial charge in [0.15, 0.2) is 24.9 Å². The second-order valence-electron chi connectivity index (χ2n) is 9.26. The molecule has 11 N–H and O–H groups in total. The quantitative estimate of drug-likeness (QED) is 0.0626. The Morgan fingerprint density at radius 1 is 0.732 bits per heavy atom. The number of hydrogen-bond donors (Lipinski definition) is 11. The molecule has 2 aliphatic heterocycles. The van der Waals surface area contributed by atoms with E-state index < -0.39 is 133 Å². The van der Waals surface area contributed by atoms with Crippen molar-refractivity contribution < 1.29 is 97.3 Å². The number of ether oxygens (including phenoxy) is 4. The molecule has 2 fully saturated rings. The van der Waals surface area contributed by atoms with Crippen LogP contribution in [0.25, 0.3) is 0 Å². The van der Waals surface area contributed by atoms with Gasteiger partial charge < -0.3 is 74.9 Å². The number of phosphoric ester groups is 1. The van der Waals surface area contributed by atoms with Gasteiger partial charge in [-0.2, -0.15) is 0 Å². The molecule has 2 saturated heterocycles.